The maximum atomic E-state index is 11.1. The number of piperidine rings is 1. The summed E-state index contributed by atoms with van der Waals surface area (Å²) in [7, 11) is 0. The van der Waals surface area contributed by atoms with Crippen molar-refractivity contribution in [2.45, 2.75) is 38.1 Å². The number of unbranched alkanes of at least 4 members (excludes halogenated alkanes) is 1. The van der Waals surface area contributed by atoms with Gasteiger partial charge in [-0.2, -0.15) is 0 Å². The van der Waals surface area contributed by atoms with E-state index in [0.717, 1.165) is 44.5 Å². The summed E-state index contributed by atoms with van der Waals surface area (Å²) in [6.07, 6.45) is 4.67. The SMILES string of the molecule is NCCCCN1CCNCC1.O=C(O)N1CCCCC1c1ccccc1. The van der Waals surface area contributed by atoms with E-state index in [9.17, 15) is 4.79 Å². The van der Waals surface area contributed by atoms with Gasteiger partial charge in [0.05, 0.1) is 6.04 Å². The van der Waals surface area contributed by atoms with Crippen LogP contribution in [0.1, 0.15) is 43.7 Å². The second-order valence-corrected chi connectivity index (χ2v) is 6.99. The van der Waals surface area contributed by atoms with Crippen LogP contribution in [0.5, 0.6) is 0 Å². The van der Waals surface area contributed by atoms with E-state index in [2.05, 4.69) is 10.2 Å². The summed E-state index contributed by atoms with van der Waals surface area (Å²) in [6, 6.07) is 9.95. The first-order chi connectivity index (χ1) is 12.7. The van der Waals surface area contributed by atoms with Crippen LogP contribution in [0.3, 0.4) is 0 Å². The third-order valence-corrected chi connectivity index (χ3v) is 5.07. The minimum Gasteiger partial charge on any atom is -0.465 e. The van der Waals surface area contributed by atoms with Gasteiger partial charge in [0.15, 0.2) is 0 Å². The van der Waals surface area contributed by atoms with Gasteiger partial charge in [-0.3, -0.25) is 0 Å². The van der Waals surface area contributed by atoms with E-state index in [-0.39, 0.29) is 6.04 Å². The molecule has 2 heterocycles. The van der Waals surface area contributed by atoms with Crippen molar-refractivity contribution >= 4 is 6.09 Å². The van der Waals surface area contributed by atoms with Crippen LogP contribution in [-0.4, -0.2) is 66.8 Å². The van der Waals surface area contributed by atoms with Gasteiger partial charge >= 0.3 is 6.09 Å². The van der Waals surface area contributed by atoms with Gasteiger partial charge in [-0.25, -0.2) is 4.79 Å². The van der Waals surface area contributed by atoms with Gasteiger partial charge in [-0.1, -0.05) is 30.3 Å². The average molecular weight is 363 g/mol. The molecule has 0 aliphatic carbocycles. The molecule has 0 radical (unpaired) electrons. The minimum absolute atomic E-state index is 0.0532. The molecule has 0 bridgehead atoms. The maximum absolute atomic E-state index is 11.1. The minimum atomic E-state index is -0.802. The Morgan fingerprint density at radius 2 is 1.85 bits per heavy atom. The van der Waals surface area contributed by atoms with Gasteiger partial charge in [0.25, 0.3) is 0 Å². The van der Waals surface area contributed by atoms with Crippen molar-refractivity contribution in [1.82, 2.24) is 15.1 Å². The number of carboxylic acid groups (broad SMARTS) is 1. The number of carbonyl (C=O) groups is 1. The smallest absolute Gasteiger partial charge is 0.407 e. The normalized spacial score (nSPS) is 21.0. The van der Waals surface area contributed by atoms with Crippen LogP contribution in [0.25, 0.3) is 0 Å². The van der Waals surface area contributed by atoms with Crippen LogP contribution in [-0.2, 0) is 0 Å². The van der Waals surface area contributed by atoms with Gasteiger partial charge in [-0.15, -0.1) is 0 Å². The fraction of sp³-hybridized carbons (Fsp3) is 0.650. The summed E-state index contributed by atoms with van der Waals surface area (Å²) in [5, 5.41) is 12.4. The number of nitrogens with one attached hydrogen (secondary N) is 1. The van der Waals surface area contributed by atoms with E-state index in [0.29, 0.717) is 6.54 Å². The molecule has 1 unspecified atom stereocenters. The van der Waals surface area contributed by atoms with Gasteiger partial charge < -0.3 is 26.0 Å². The van der Waals surface area contributed by atoms with Crippen molar-refractivity contribution in [2.24, 2.45) is 5.73 Å². The summed E-state index contributed by atoms with van der Waals surface area (Å²) in [4.78, 5) is 15.1. The van der Waals surface area contributed by atoms with Crippen molar-refractivity contribution in [3.05, 3.63) is 35.9 Å². The first-order valence-corrected chi connectivity index (χ1v) is 9.90. The van der Waals surface area contributed by atoms with Gasteiger partial charge in [0.2, 0.25) is 0 Å². The Morgan fingerprint density at radius 1 is 1.12 bits per heavy atom. The van der Waals surface area contributed by atoms with Crippen molar-refractivity contribution in [3.63, 3.8) is 0 Å². The molecule has 1 aromatic rings. The number of benzene rings is 1. The number of amides is 1. The number of hydrogen-bond acceptors (Lipinski definition) is 4. The number of rotatable bonds is 5. The maximum Gasteiger partial charge on any atom is 0.407 e. The quantitative estimate of drug-likeness (QED) is 0.701. The van der Waals surface area contributed by atoms with Gasteiger partial charge in [0, 0.05) is 32.7 Å². The monoisotopic (exact) mass is 362 g/mol. The molecule has 1 aromatic carbocycles. The summed E-state index contributed by atoms with van der Waals surface area (Å²) in [6.45, 7) is 7.47. The second kappa shape index (κ2) is 11.9. The molecule has 6 heteroatoms. The lowest BCUT2D eigenvalue weighted by Crippen LogP contribution is -2.43. The zero-order valence-electron chi connectivity index (χ0n) is 15.8. The molecule has 3 rings (SSSR count). The van der Waals surface area contributed by atoms with Crippen molar-refractivity contribution in [2.75, 3.05) is 45.8 Å². The number of nitrogens with two attached hydrogens (primary N) is 1. The molecule has 1 atom stereocenters. The zero-order chi connectivity index (χ0) is 18.6. The first-order valence-electron chi connectivity index (χ1n) is 9.90. The molecule has 146 valence electrons. The Labute approximate surface area is 157 Å². The number of hydrogen-bond donors (Lipinski definition) is 3. The van der Waals surface area contributed by atoms with Crippen LogP contribution in [0, 0.1) is 0 Å². The molecule has 6 nitrogen and oxygen atoms in total. The number of nitrogens with zero attached hydrogens (tertiary/aromatic N) is 2. The van der Waals surface area contributed by atoms with Gasteiger partial charge in [0.1, 0.15) is 0 Å². The molecule has 2 aliphatic rings. The van der Waals surface area contributed by atoms with Crippen molar-refractivity contribution < 1.29 is 9.90 Å². The molecular weight excluding hydrogens is 328 g/mol. The lowest BCUT2D eigenvalue weighted by Gasteiger charge is -2.33. The van der Waals surface area contributed by atoms with E-state index < -0.39 is 6.09 Å². The molecule has 1 amide bonds. The number of piperazine rings is 1. The molecule has 0 aromatic heterocycles. The Bertz CT molecular complexity index is 506. The van der Waals surface area contributed by atoms with Crippen LogP contribution >= 0.6 is 0 Å². The molecule has 0 spiro atoms. The predicted molar refractivity (Wildman–Crippen MR) is 105 cm³/mol. The Balaban J connectivity index is 0.000000197. The fourth-order valence-electron chi connectivity index (χ4n) is 3.60. The van der Waals surface area contributed by atoms with E-state index in [1.165, 1.54) is 32.5 Å². The molecule has 4 N–H and O–H groups in total. The molecule has 2 fully saturated rings. The second-order valence-electron chi connectivity index (χ2n) is 6.99. The molecule has 2 aliphatic heterocycles. The highest BCUT2D eigenvalue weighted by Gasteiger charge is 2.27. The van der Waals surface area contributed by atoms with Crippen LogP contribution in [0.15, 0.2) is 30.3 Å². The fourth-order valence-corrected chi connectivity index (χ4v) is 3.60. The van der Waals surface area contributed by atoms with Gasteiger partial charge in [-0.05, 0) is 50.8 Å². The third-order valence-electron chi connectivity index (χ3n) is 5.07. The van der Waals surface area contributed by atoms with E-state index in [1.54, 1.807) is 4.90 Å². The van der Waals surface area contributed by atoms with Crippen molar-refractivity contribution in [3.8, 4) is 0 Å². The zero-order valence-corrected chi connectivity index (χ0v) is 15.8. The van der Waals surface area contributed by atoms with Crippen LogP contribution in [0.4, 0.5) is 4.79 Å². The Kier molecular flexibility index (Phi) is 9.45. The predicted octanol–water partition coefficient (Wildman–Crippen LogP) is 2.52. The molecule has 0 saturated carbocycles. The van der Waals surface area contributed by atoms with Crippen molar-refractivity contribution in [1.29, 1.82) is 0 Å². The average Bonchev–Trinajstić information content (AvgIpc) is 2.70. The van der Waals surface area contributed by atoms with E-state index in [4.69, 9.17) is 10.8 Å². The third kappa shape index (κ3) is 6.94. The highest BCUT2D eigenvalue weighted by Crippen LogP contribution is 2.30. The standard InChI is InChI=1S/C12H15NO2.C8H19N3/c14-12(15)13-9-5-4-8-11(13)10-6-2-1-3-7-10;9-3-1-2-6-11-7-4-10-5-8-11/h1-3,6-7,11H,4-5,8-9H2,(H,14,15);10H,1-9H2. The lowest BCUT2D eigenvalue weighted by atomic mass is 9.96. The summed E-state index contributed by atoms with van der Waals surface area (Å²) in [5.74, 6) is 0. The summed E-state index contributed by atoms with van der Waals surface area (Å²) in [5.41, 5.74) is 6.52. The summed E-state index contributed by atoms with van der Waals surface area (Å²) < 4.78 is 0. The molecule has 2 saturated heterocycles. The highest BCUT2D eigenvalue weighted by atomic mass is 16.4. The van der Waals surface area contributed by atoms with Crippen LogP contribution in [0.2, 0.25) is 0 Å². The van der Waals surface area contributed by atoms with E-state index in [1.807, 2.05) is 30.3 Å². The largest absolute Gasteiger partial charge is 0.465 e. The lowest BCUT2D eigenvalue weighted by molar-refractivity contribution is 0.106. The Morgan fingerprint density at radius 3 is 2.50 bits per heavy atom. The summed E-state index contributed by atoms with van der Waals surface area (Å²) >= 11 is 0. The van der Waals surface area contributed by atoms with Crippen LogP contribution < -0.4 is 11.1 Å². The number of likely N-dealkylation sites (tertiary alicyclic amines) is 1. The highest BCUT2D eigenvalue weighted by molar-refractivity contribution is 5.66. The molecule has 26 heavy (non-hydrogen) atoms. The topological polar surface area (TPSA) is 81.8 Å². The van der Waals surface area contributed by atoms with E-state index >= 15 is 0 Å². The first kappa shape index (κ1) is 20.7. The Hall–Kier alpha value is -1.63. The molecular formula is C20H34N4O2.